The molecule has 6 aromatic carbocycles. The first kappa shape index (κ1) is 39.3. The van der Waals surface area contributed by atoms with Crippen LogP contribution in [0.2, 0.25) is 0 Å². The Balaban J connectivity index is 1.82. The summed E-state index contributed by atoms with van der Waals surface area (Å²) >= 11 is 0. The summed E-state index contributed by atoms with van der Waals surface area (Å²) < 4.78 is 233. The molecule has 0 saturated heterocycles. The zero-order valence-electron chi connectivity index (χ0n) is 27.1. The van der Waals surface area contributed by atoms with Crippen LogP contribution in [0.4, 0.5) is 82.9 Å². The van der Waals surface area contributed by atoms with E-state index >= 15 is 26.3 Å². The van der Waals surface area contributed by atoms with Gasteiger partial charge in [-0.15, -0.1) is 0 Å². The maximum absolute atomic E-state index is 15.9. The lowest BCUT2D eigenvalue weighted by molar-refractivity contribution is 0.0731. The van der Waals surface area contributed by atoms with Gasteiger partial charge in [-0.3, -0.25) is 4.79 Å². The van der Waals surface area contributed by atoms with Gasteiger partial charge in [-0.1, -0.05) is 64.9 Å². The van der Waals surface area contributed by atoms with E-state index in [9.17, 15) is 44.3 Å². The zero-order chi connectivity index (χ0) is 41.0. The average Bonchev–Trinajstić information content (AvgIpc) is 3.20. The van der Waals surface area contributed by atoms with Crippen molar-refractivity contribution in [3.05, 3.63) is 178 Å². The fourth-order valence-electron chi connectivity index (χ4n) is 6.19. The molecule has 0 aromatic heterocycles. The van der Waals surface area contributed by atoms with Crippen molar-refractivity contribution in [3.8, 4) is 0 Å². The molecule has 19 heteroatoms. The Labute approximate surface area is 303 Å². The molecule has 56 heavy (non-hydrogen) atoms. The van der Waals surface area contributed by atoms with E-state index in [0.717, 1.165) is 18.2 Å². The van der Waals surface area contributed by atoms with Gasteiger partial charge in [0.15, 0.2) is 52.4 Å². The molecule has 0 unspecified atom stereocenters. The largest absolute Gasteiger partial charge is 0.672 e. The van der Waals surface area contributed by atoms with Crippen LogP contribution in [0.5, 0.6) is 0 Å². The highest BCUT2D eigenvalue weighted by atomic mass is 19.2. The predicted octanol–water partition coefficient (Wildman–Crippen LogP) is 9.07. The smallest absolute Gasteiger partial charge is 0.293 e. The molecule has 288 valence electrons. The lowest BCUT2D eigenvalue weighted by Crippen LogP contribution is -2.75. The Bertz CT molecular complexity index is 2260. The summed E-state index contributed by atoms with van der Waals surface area (Å²) in [6.07, 6.45) is -6.61. The van der Waals surface area contributed by atoms with Crippen molar-refractivity contribution in [1.82, 2.24) is 0 Å². The van der Waals surface area contributed by atoms with E-state index in [-0.39, 0.29) is 11.4 Å². The Kier molecular flexibility index (Phi) is 10.3. The molecule has 3 nitrogen and oxygen atoms in total. The second kappa shape index (κ2) is 14.7. The van der Waals surface area contributed by atoms with Gasteiger partial charge < -0.3 is 9.55 Å². The van der Waals surface area contributed by atoms with E-state index in [1.807, 2.05) is 0 Å². The second-order valence-corrected chi connectivity index (χ2v) is 11.7. The third kappa shape index (κ3) is 5.97. The van der Waals surface area contributed by atoms with Gasteiger partial charge in [0.1, 0.15) is 34.9 Å². The normalized spacial score (nSPS) is 11.6. The first-order valence-corrected chi connectivity index (χ1v) is 15.4. The molecule has 6 rings (SSSR count). The van der Waals surface area contributed by atoms with Gasteiger partial charge in [0.2, 0.25) is 0 Å². The second-order valence-electron chi connectivity index (χ2n) is 11.7. The van der Waals surface area contributed by atoms with Crippen LogP contribution in [-0.2, 0) is 4.65 Å². The first-order valence-electron chi connectivity index (χ1n) is 15.4. The minimum atomic E-state index is -6.61. The van der Waals surface area contributed by atoms with Crippen LogP contribution >= 0.6 is 0 Å². The molecule has 0 radical (unpaired) electrons. The molecular formula is C37H14BF15NO2-. The van der Waals surface area contributed by atoms with Gasteiger partial charge in [-0.25, -0.2) is 65.9 Å². The van der Waals surface area contributed by atoms with E-state index in [1.165, 1.54) is 59.5 Å². The number of rotatable bonds is 8. The number of anilines is 3. The fourth-order valence-corrected chi connectivity index (χ4v) is 6.19. The monoisotopic (exact) mass is 800 g/mol. The van der Waals surface area contributed by atoms with Crippen molar-refractivity contribution in [3.63, 3.8) is 0 Å². The molecule has 0 heterocycles. The summed E-state index contributed by atoms with van der Waals surface area (Å²) in [7, 11) is 0. The molecule has 0 saturated carbocycles. The first-order chi connectivity index (χ1) is 26.5. The number of para-hydroxylation sites is 3. The molecule has 0 aliphatic heterocycles. The van der Waals surface area contributed by atoms with E-state index in [2.05, 4.69) is 0 Å². The van der Waals surface area contributed by atoms with Crippen LogP contribution in [0.3, 0.4) is 0 Å². The average molecular weight is 800 g/mol. The number of nitrogens with zero attached hydrogens (tertiary/aromatic N) is 1. The van der Waals surface area contributed by atoms with Crippen molar-refractivity contribution in [2.75, 3.05) is 4.90 Å². The van der Waals surface area contributed by atoms with Crippen LogP contribution in [-0.4, -0.2) is 12.3 Å². The fraction of sp³-hybridized carbons (Fsp3) is 0. The SMILES string of the molecule is O=C(O[B-](c1c(F)c(F)c(F)c(F)c1F)(c1c(F)c(F)c(F)c(F)c1F)c1c(F)c(F)c(F)c(F)c1F)c1ccccc1N(c1ccccc1)c1ccccc1. The van der Waals surface area contributed by atoms with E-state index in [4.69, 9.17) is 4.65 Å². The van der Waals surface area contributed by atoms with Crippen molar-refractivity contribution >= 4 is 45.8 Å². The van der Waals surface area contributed by atoms with Gasteiger partial charge in [-0.2, -0.15) is 0 Å². The molecule has 0 aliphatic rings. The van der Waals surface area contributed by atoms with Gasteiger partial charge in [0, 0.05) is 11.4 Å². The summed E-state index contributed by atoms with van der Waals surface area (Å²) in [6.45, 7) is 0. The third-order valence-electron chi connectivity index (χ3n) is 8.63. The summed E-state index contributed by atoms with van der Waals surface area (Å²) in [4.78, 5) is 15.6. The van der Waals surface area contributed by atoms with E-state index in [1.54, 1.807) is 12.1 Å². The lowest BCUT2D eigenvalue weighted by atomic mass is 9.27. The number of carbonyl (C=O) groups is 1. The number of benzene rings is 6. The van der Waals surface area contributed by atoms with Crippen molar-refractivity contribution in [2.45, 2.75) is 0 Å². The van der Waals surface area contributed by atoms with Crippen molar-refractivity contribution in [1.29, 1.82) is 0 Å². The van der Waals surface area contributed by atoms with Crippen molar-refractivity contribution in [2.24, 2.45) is 0 Å². The van der Waals surface area contributed by atoms with Crippen molar-refractivity contribution < 1.29 is 75.3 Å². The summed E-state index contributed by atoms with van der Waals surface area (Å²) in [5, 5.41) is 0. The van der Waals surface area contributed by atoms with E-state index < -0.39 is 127 Å². The van der Waals surface area contributed by atoms with Gasteiger partial charge in [-0.05, 0) is 36.4 Å². The zero-order valence-corrected chi connectivity index (χ0v) is 27.1. The van der Waals surface area contributed by atoms with Crippen LogP contribution in [0.15, 0.2) is 84.9 Å². The Morgan fingerprint density at radius 3 is 0.964 bits per heavy atom. The molecule has 0 aliphatic carbocycles. The summed E-state index contributed by atoms with van der Waals surface area (Å²) in [5.74, 6) is -51.0. The van der Waals surface area contributed by atoms with Gasteiger partial charge in [0.05, 0.1) is 11.3 Å². The topological polar surface area (TPSA) is 29.5 Å². The maximum atomic E-state index is 15.9. The molecule has 0 atom stereocenters. The molecule has 6 aromatic rings. The van der Waals surface area contributed by atoms with E-state index in [0.29, 0.717) is 0 Å². The lowest BCUT2D eigenvalue weighted by Gasteiger charge is -2.44. The third-order valence-corrected chi connectivity index (χ3v) is 8.63. The maximum Gasteiger partial charge on any atom is 0.293 e. The molecule has 0 fully saturated rings. The number of hydrogen-bond donors (Lipinski definition) is 0. The highest BCUT2D eigenvalue weighted by molar-refractivity contribution is 7.08. The Morgan fingerprint density at radius 2 is 0.643 bits per heavy atom. The molecule has 0 bridgehead atoms. The predicted molar refractivity (Wildman–Crippen MR) is 170 cm³/mol. The molecule has 0 N–H and O–H groups in total. The van der Waals surface area contributed by atoms with Crippen LogP contribution in [0.1, 0.15) is 10.4 Å². The van der Waals surface area contributed by atoms with Crippen LogP contribution in [0, 0.1) is 87.3 Å². The number of hydrogen-bond acceptors (Lipinski definition) is 3. The highest BCUT2D eigenvalue weighted by Crippen LogP contribution is 2.38. The molecular weight excluding hydrogens is 786 g/mol. The molecule has 0 spiro atoms. The standard InChI is InChI=1S/C37H14BF15NO2/c39-22-19(23(40)29(46)34(51)28(22)45)38(20-24(41)30(47)35(52)31(48)25(20)42,21-26(43)32(49)36(53)33(50)27(21)44)56-37(55)17-13-7-8-14-18(17)54(15-9-3-1-4-10-15)16-11-5-2-6-12-16/h1-14H/q-1. The minimum Gasteiger partial charge on any atom is -0.672 e. The minimum absolute atomic E-state index is 0.176. The number of carbonyl (C=O) groups excluding carboxylic acids is 1. The Hall–Kier alpha value is -6.40. The van der Waals surface area contributed by atoms with Gasteiger partial charge >= 0.3 is 0 Å². The summed E-state index contributed by atoms with van der Waals surface area (Å²) in [6, 6.07) is 18.8. The highest BCUT2D eigenvalue weighted by Gasteiger charge is 2.51. The summed E-state index contributed by atoms with van der Waals surface area (Å²) in [5.41, 5.74) is -10.3. The number of halogens is 15. The van der Waals surface area contributed by atoms with Crippen LogP contribution < -0.4 is 21.3 Å². The van der Waals surface area contributed by atoms with Crippen LogP contribution in [0.25, 0.3) is 0 Å². The molecule has 0 amide bonds. The Morgan fingerprint density at radius 1 is 0.375 bits per heavy atom. The van der Waals surface area contributed by atoms with Gasteiger partial charge in [0.25, 0.3) is 12.3 Å². The quantitative estimate of drug-likeness (QED) is 0.0667.